The van der Waals surface area contributed by atoms with E-state index in [0.717, 1.165) is 17.1 Å². The third-order valence-electron chi connectivity index (χ3n) is 5.35. The Morgan fingerprint density at radius 1 is 1.18 bits per heavy atom. The molecule has 1 aliphatic heterocycles. The van der Waals surface area contributed by atoms with Gasteiger partial charge in [-0.2, -0.15) is 0 Å². The van der Waals surface area contributed by atoms with Gasteiger partial charge in [-0.3, -0.25) is 9.59 Å². The molecule has 5 nitrogen and oxygen atoms in total. The predicted molar refractivity (Wildman–Crippen MR) is 112 cm³/mol. The number of esters is 2. The molecule has 7 heteroatoms. The van der Waals surface area contributed by atoms with Gasteiger partial charge in [0, 0.05) is 18.8 Å². The van der Waals surface area contributed by atoms with Crippen molar-refractivity contribution >= 4 is 35.5 Å². The van der Waals surface area contributed by atoms with Crippen molar-refractivity contribution in [2.24, 2.45) is 5.41 Å². The Hall–Kier alpha value is -1.18. The van der Waals surface area contributed by atoms with Crippen LogP contribution in [0, 0.1) is 5.41 Å². The van der Waals surface area contributed by atoms with Crippen molar-refractivity contribution in [2.75, 3.05) is 18.6 Å². The highest BCUT2D eigenvalue weighted by atomic mass is 32.2. The van der Waals surface area contributed by atoms with Gasteiger partial charge in [-0.15, -0.1) is 23.5 Å². The zero-order valence-electron chi connectivity index (χ0n) is 16.4. The van der Waals surface area contributed by atoms with Gasteiger partial charge in [0.15, 0.2) is 0 Å². The van der Waals surface area contributed by atoms with Gasteiger partial charge in [0.1, 0.15) is 6.10 Å². The average Bonchev–Trinajstić information content (AvgIpc) is 3.05. The number of ether oxygens (including phenoxy) is 3. The SMILES string of the molecule is COC(=O)C[C@]1(C2SCCCS2)C[C@@H](OC(C)=O)C[C@H]1OCc1ccccc1. The van der Waals surface area contributed by atoms with Gasteiger partial charge in [0.05, 0.1) is 30.8 Å². The first kappa shape index (κ1) is 21.5. The molecule has 0 aromatic heterocycles. The molecule has 1 saturated heterocycles. The summed E-state index contributed by atoms with van der Waals surface area (Å²) in [5, 5.41) is 0. The molecule has 1 aromatic carbocycles. The summed E-state index contributed by atoms with van der Waals surface area (Å²) in [4.78, 5) is 23.9. The van der Waals surface area contributed by atoms with Crippen LogP contribution in [0.2, 0.25) is 0 Å². The predicted octanol–water partition coefficient (Wildman–Crippen LogP) is 4.04. The second kappa shape index (κ2) is 10.0. The van der Waals surface area contributed by atoms with Gasteiger partial charge in [-0.1, -0.05) is 30.3 Å². The summed E-state index contributed by atoms with van der Waals surface area (Å²) in [6.45, 7) is 1.91. The van der Waals surface area contributed by atoms with Gasteiger partial charge in [0.2, 0.25) is 0 Å². The van der Waals surface area contributed by atoms with Crippen molar-refractivity contribution in [1.82, 2.24) is 0 Å². The summed E-state index contributed by atoms with van der Waals surface area (Å²) in [6.07, 6.45) is 2.30. The Morgan fingerprint density at radius 3 is 2.54 bits per heavy atom. The van der Waals surface area contributed by atoms with Crippen molar-refractivity contribution < 1.29 is 23.8 Å². The molecule has 1 aliphatic carbocycles. The minimum Gasteiger partial charge on any atom is -0.469 e. The summed E-state index contributed by atoms with van der Waals surface area (Å²) in [5.74, 6) is 1.63. The van der Waals surface area contributed by atoms with E-state index < -0.39 is 5.41 Å². The normalized spacial score (nSPS) is 28.1. The summed E-state index contributed by atoms with van der Waals surface area (Å²) in [5.41, 5.74) is 0.687. The standard InChI is InChI=1S/C21H28O5S2/c1-15(22)26-17-11-18(25-14-16-7-4-3-5-8-16)21(12-17,13-19(23)24-2)20-27-9-6-10-28-20/h3-5,7-8,17-18,20H,6,9-14H2,1-2H3/t17-,18+,21+/m0/s1. The van der Waals surface area contributed by atoms with E-state index in [9.17, 15) is 9.59 Å². The fourth-order valence-electron chi connectivity index (χ4n) is 4.12. The fraction of sp³-hybridized carbons (Fsp3) is 0.619. The first-order valence-corrected chi connectivity index (χ1v) is 11.8. The molecule has 0 radical (unpaired) electrons. The summed E-state index contributed by atoms with van der Waals surface area (Å²) in [6, 6.07) is 10.0. The molecule has 28 heavy (non-hydrogen) atoms. The lowest BCUT2D eigenvalue weighted by atomic mass is 9.82. The van der Waals surface area contributed by atoms with Gasteiger partial charge in [0.25, 0.3) is 0 Å². The highest BCUT2D eigenvalue weighted by Gasteiger charge is 2.56. The van der Waals surface area contributed by atoms with Gasteiger partial charge < -0.3 is 14.2 Å². The van der Waals surface area contributed by atoms with E-state index in [1.807, 2.05) is 53.9 Å². The second-order valence-electron chi connectivity index (χ2n) is 7.37. The quantitative estimate of drug-likeness (QED) is 0.612. The number of benzene rings is 1. The third-order valence-corrected chi connectivity index (χ3v) is 8.76. The molecule has 0 amide bonds. The zero-order chi connectivity index (χ0) is 20.0. The molecular formula is C21H28O5S2. The number of thioether (sulfide) groups is 2. The molecule has 2 aliphatic rings. The summed E-state index contributed by atoms with van der Waals surface area (Å²) in [7, 11) is 1.43. The third kappa shape index (κ3) is 5.24. The molecular weight excluding hydrogens is 396 g/mol. The highest BCUT2D eigenvalue weighted by molar-refractivity contribution is 8.17. The fourth-order valence-corrected chi connectivity index (χ4v) is 7.64. The molecule has 3 rings (SSSR count). The maximum atomic E-state index is 12.4. The molecule has 0 bridgehead atoms. The van der Waals surface area contributed by atoms with Crippen LogP contribution in [0.3, 0.4) is 0 Å². The van der Waals surface area contributed by atoms with Crippen LogP contribution < -0.4 is 0 Å². The lowest BCUT2D eigenvalue weighted by Crippen LogP contribution is -2.43. The van der Waals surface area contributed by atoms with Crippen LogP contribution in [0.5, 0.6) is 0 Å². The van der Waals surface area contributed by atoms with Crippen LogP contribution in [0.15, 0.2) is 30.3 Å². The maximum Gasteiger partial charge on any atom is 0.306 e. The number of rotatable bonds is 7. The van der Waals surface area contributed by atoms with Crippen LogP contribution in [0.1, 0.15) is 38.2 Å². The number of hydrogen-bond donors (Lipinski definition) is 0. The minimum absolute atomic E-state index is 0.167. The lowest BCUT2D eigenvalue weighted by molar-refractivity contribution is -0.146. The summed E-state index contributed by atoms with van der Waals surface area (Å²) >= 11 is 3.79. The summed E-state index contributed by atoms with van der Waals surface area (Å²) < 4.78 is 17.2. The molecule has 0 N–H and O–H groups in total. The Bertz CT molecular complexity index is 662. The maximum absolute atomic E-state index is 12.4. The first-order valence-electron chi connectivity index (χ1n) is 9.66. The van der Waals surface area contributed by atoms with E-state index in [2.05, 4.69) is 0 Å². The number of carbonyl (C=O) groups is 2. The van der Waals surface area contributed by atoms with E-state index in [-0.39, 0.29) is 35.1 Å². The second-order valence-corrected chi connectivity index (χ2v) is 10.1. The molecule has 154 valence electrons. The Kier molecular flexibility index (Phi) is 7.71. The van der Waals surface area contributed by atoms with Crippen molar-refractivity contribution in [3.05, 3.63) is 35.9 Å². The molecule has 3 atom stereocenters. The topological polar surface area (TPSA) is 61.8 Å². The molecule has 0 spiro atoms. The molecule has 0 unspecified atom stereocenters. The average molecular weight is 425 g/mol. The van der Waals surface area contributed by atoms with Crippen LogP contribution in [-0.4, -0.2) is 47.3 Å². The van der Waals surface area contributed by atoms with Gasteiger partial charge >= 0.3 is 11.9 Å². The van der Waals surface area contributed by atoms with Gasteiger partial charge in [-0.25, -0.2) is 0 Å². The lowest BCUT2D eigenvalue weighted by Gasteiger charge is -2.42. The first-order chi connectivity index (χ1) is 13.5. The van der Waals surface area contributed by atoms with E-state index in [1.54, 1.807) is 0 Å². The number of hydrogen-bond acceptors (Lipinski definition) is 7. The number of carbonyl (C=O) groups excluding carboxylic acids is 2. The Labute approximate surface area is 175 Å². The molecule has 2 fully saturated rings. The highest BCUT2D eigenvalue weighted by Crippen LogP contribution is 2.56. The molecule has 1 aromatic rings. The van der Waals surface area contributed by atoms with Gasteiger partial charge in [-0.05, 0) is 29.9 Å². The Morgan fingerprint density at radius 2 is 1.89 bits per heavy atom. The smallest absolute Gasteiger partial charge is 0.306 e. The largest absolute Gasteiger partial charge is 0.469 e. The van der Waals surface area contributed by atoms with Crippen LogP contribution in [-0.2, 0) is 30.4 Å². The monoisotopic (exact) mass is 424 g/mol. The van der Waals surface area contributed by atoms with Crippen molar-refractivity contribution in [2.45, 2.75) is 56.0 Å². The van der Waals surface area contributed by atoms with Crippen LogP contribution in [0.4, 0.5) is 0 Å². The molecule has 1 saturated carbocycles. The van der Waals surface area contributed by atoms with E-state index in [0.29, 0.717) is 19.4 Å². The minimum atomic E-state index is -0.405. The Balaban J connectivity index is 1.85. The van der Waals surface area contributed by atoms with E-state index in [1.165, 1.54) is 20.5 Å². The van der Waals surface area contributed by atoms with Crippen molar-refractivity contribution in [1.29, 1.82) is 0 Å². The van der Waals surface area contributed by atoms with Crippen LogP contribution in [0.25, 0.3) is 0 Å². The van der Waals surface area contributed by atoms with E-state index >= 15 is 0 Å². The van der Waals surface area contributed by atoms with E-state index in [4.69, 9.17) is 14.2 Å². The van der Waals surface area contributed by atoms with Crippen molar-refractivity contribution in [3.8, 4) is 0 Å². The number of methoxy groups -OCH3 is 1. The molecule has 1 heterocycles. The zero-order valence-corrected chi connectivity index (χ0v) is 18.1. The van der Waals surface area contributed by atoms with Crippen molar-refractivity contribution in [3.63, 3.8) is 0 Å². The van der Waals surface area contributed by atoms with Crippen LogP contribution >= 0.6 is 23.5 Å².